The zero-order valence-electron chi connectivity index (χ0n) is 16.9. The summed E-state index contributed by atoms with van der Waals surface area (Å²) in [6, 6.07) is 11.5. The first-order valence-electron chi connectivity index (χ1n) is 9.79. The lowest BCUT2D eigenvalue weighted by molar-refractivity contribution is 0.0732. The number of nitrogens with one attached hydrogen (secondary N) is 1. The normalized spacial score (nSPS) is 15.8. The van der Waals surface area contributed by atoms with E-state index in [1.165, 1.54) is 0 Å². The van der Waals surface area contributed by atoms with Crippen molar-refractivity contribution in [2.75, 3.05) is 13.2 Å². The van der Waals surface area contributed by atoms with Crippen molar-refractivity contribution >= 4 is 5.91 Å². The topological polar surface area (TPSA) is 89.5 Å². The van der Waals surface area contributed by atoms with Crippen molar-refractivity contribution in [2.24, 2.45) is 0 Å². The summed E-state index contributed by atoms with van der Waals surface area (Å²) in [5.74, 6) is 0.0164. The van der Waals surface area contributed by atoms with Gasteiger partial charge in [0, 0.05) is 24.3 Å². The van der Waals surface area contributed by atoms with E-state index in [-0.39, 0.29) is 24.3 Å². The molecule has 1 aliphatic heterocycles. The summed E-state index contributed by atoms with van der Waals surface area (Å²) in [4.78, 5) is 14.9. The van der Waals surface area contributed by atoms with E-state index in [0.29, 0.717) is 29.9 Å². The minimum atomic E-state index is -0.321. The van der Waals surface area contributed by atoms with Crippen molar-refractivity contribution in [2.45, 2.75) is 33.2 Å². The first-order valence-corrected chi connectivity index (χ1v) is 9.79. The Morgan fingerprint density at radius 2 is 1.83 bits per heavy atom. The number of aromatic amines is 1. The number of aliphatic hydroxyl groups is 1. The van der Waals surface area contributed by atoms with Gasteiger partial charge < -0.3 is 15.1 Å². The number of hydrogen-bond acceptors (Lipinski definition) is 4. The molecule has 1 atom stereocenters. The van der Waals surface area contributed by atoms with E-state index in [9.17, 15) is 15.0 Å². The number of H-pyrrole nitrogens is 1. The highest BCUT2D eigenvalue weighted by Gasteiger charge is 2.42. The summed E-state index contributed by atoms with van der Waals surface area (Å²) in [6.07, 6.45) is 0.496. The van der Waals surface area contributed by atoms with Gasteiger partial charge in [0.1, 0.15) is 17.1 Å². The minimum Gasteiger partial charge on any atom is -0.507 e. The molecule has 3 aromatic rings. The number of rotatable bonds is 5. The molecule has 0 bridgehead atoms. The lowest BCUT2D eigenvalue weighted by Crippen LogP contribution is -2.31. The van der Waals surface area contributed by atoms with E-state index in [1.807, 2.05) is 51.1 Å². The van der Waals surface area contributed by atoms with Gasteiger partial charge in [-0.25, -0.2) is 0 Å². The van der Waals surface area contributed by atoms with Crippen LogP contribution in [-0.4, -0.2) is 44.4 Å². The third kappa shape index (κ3) is 3.19. The van der Waals surface area contributed by atoms with Gasteiger partial charge in [-0.2, -0.15) is 5.10 Å². The summed E-state index contributed by atoms with van der Waals surface area (Å²) >= 11 is 0. The number of hydrogen-bond donors (Lipinski definition) is 3. The van der Waals surface area contributed by atoms with Crippen LogP contribution in [0, 0.1) is 20.8 Å². The Hall–Kier alpha value is -3.12. The molecule has 29 heavy (non-hydrogen) atoms. The van der Waals surface area contributed by atoms with Crippen molar-refractivity contribution in [3.8, 4) is 17.0 Å². The maximum atomic E-state index is 13.1. The Kier molecular flexibility index (Phi) is 4.88. The lowest BCUT2D eigenvalue weighted by Gasteiger charge is -2.26. The molecule has 2 aromatic carbocycles. The molecule has 1 amide bonds. The predicted molar refractivity (Wildman–Crippen MR) is 111 cm³/mol. The predicted octanol–water partition coefficient (Wildman–Crippen LogP) is 3.64. The Morgan fingerprint density at radius 1 is 1.10 bits per heavy atom. The molecule has 0 saturated heterocycles. The number of amides is 1. The van der Waals surface area contributed by atoms with Gasteiger partial charge in [0.05, 0.1) is 6.04 Å². The first kappa shape index (κ1) is 19.2. The van der Waals surface area contributed by atoms with Gasteiger partial charge in [0.2, 0.25) is 0 Å². The van der Waals surface area contributed by atoms with E-state index < -0.39 is 0 Å². The van der Waals surface area contributed by atoms with Crippen LogP contribution in [0.25, 0.3) is 11.3 Å². The number of aromatic nitrogens is 2. The molecule has 0 aliphatic carbocycles. The van der Waals surface area contributed by atoms with E-state index in [2.05, 4.69) is 10.2 Å². The number of nitrogens with zero attached hydrogens (tertiary/aromatic N) is 2. The molecular weight excluding hydrogens is 366 g/mol. The second kappa shape index (κ2) is 7.37. The maximum absolute atomic E-state index is 13.1. The zero-order chi connectivity index (χ0) is 20.7. The van der Waals surface area contributed by atoms with Crippen LogP contribution in [0.1, 0.15) is 50.8 Å². The number of aryl methyl sites for hydroxylation is 3. The summed E-state index contributed by atoms with van der Waals surface area (Å²) in [5, 5.41) is 27.3. The standard InChI is InChI=1S/C23H25N3O3/c1-13-5-7-16(8-6-13)22-19-20(18-15(3)11-14(2)12-17(18)28)24-25-21(19)23(29)26(22)9-4-10-27/h5-8,11-12,22,27-28H,4,9-10H2,1-3H3,(H,24,25)/t22-/m1/s1. The number of phenols is 1. The number of benzene rings is 2. The monoisotopic (exact) mass is 391 g/mol. The Labute approximate surface area is 169 Å². The zero-order valence-corrected chi connectivity index (χ0v) is 16.9. The van der Waals surface area contributed by atoms with Crippen LogP contribution < -0.4 is 0 Å². The van der Waals surface area contributed by atoms with Gasteiger partial charge in [-0.1, -0.05) is 35.9 Å². The largest absolute Gasteiger partial charge is 0.507 e. The van der Waals surface area contributed by atoms with Crippen LogP contribution in [0.5, 0.6) is 5.75 Å². The average Bonchev–Trinajstić information content (AvgIpc) is 3.20. The lowest BCUT2D eigenvalue weighted by atomic mass is 9.93. The van der Waals surface area contributed by atoms with Crippen molar-refractivity contribution in [1.82, 2.24) is 15.1 Å². The van der Waals surface area contributed by atoms with Gasteiger partial charge in [-0.15, -0.1) is 0 Å². The molecule has 0 unspecified atom stereocenters. The molecule has 4 rings (SSSR count). The SMILES string of the molecule is Cc1ccc([C@@H]2c3c(-c4c(C)cc(C)cc4O)n[nH]c3C(=O)N2CCCO)cc1. The Bertz CT molecular complexity index is 1050. The number of phenolic OH excluding ortho intramolecular Hbond substituents is 1. The molecule has 0 saturated carbocycles. The third-order valence-corrected chi connectivity index (χ3v) is 5.51. The second-order valence-corrected chi connectivity index (χ2v) is 7.73. The van der Waals surface area contributed by atoms with Gasteiger partial charge in [0.15, 0.2) is 0 Å². The summed E-state index contributed by atoms with van der Waals surface area (Å²) in [5.41, 5.74) is 6.45. The van der Waals surface area contributed by atoms with Gasteiger partial charge in [-0.05, 0) is 49.9 Å². The van der Waals surface area contributed by atoms with E-state index in [1.54, 1.807) is 11.0 Å². The van der Waals surface area contributed by atoms with Crippen molar-refractivity contribution < 1.29 is 15.0 Å². The second-order valence-electron chi connectivity index (χ2n) is 7.73. The van der Waals surface area contributed by atoms with Crippen LogP contribution in [-0.2, 0) is 0 Å². The third-order valence-electron chi connectivity index (χ3n) is 5.51. The first-order chi connectivity index (χ1) is 13.9. The van der Waals surface area contributed by atoms with E-state index >= 15 is 0 Å². The molecule has 0 radical (unpaired) electrons. The van der Waals surface area contributed by atoms with Gasteiger partial charge >= 0.3 is 0 Å². The summed E-state index contributed by atoms with van der Waals surface area (Å²) in [6.45, 7) is 6.34. The molecule has 2 heterocycles. The van der Waals surface area contributed by atoms with E-state index in [0.717, 1.165) is 27.8 Å². The molecule has 3 N–H and O–H groups in total. The van der Waals surface area contributed by atoms with Gasteiger partial charge in [0.25, 0.3) is 5.91 Å². The van der Waals surface area contributed by atoms with Gasteiger partial charge in [-0.3, -0.25) is 9.89 Å². The number of carbonyl (C=O) groups is 1. The number of carbonyl (C=O) groups excluding carboxylic acids is 1. The Morgan fingerprint density at radius 3 is 2.48 bits per heavy atom. The highest BCUT2D eigenvalue weighted by atomic mass is 16.3. The molecule has 1 aliphatic rings. The van der Waals surface area contributed by atoms with Crippen LogP contribution in [0.2, 0.25) is 0 Å². The molecule has 1 aromatic heterocycles. The molecule has 6 nitrogen and oxygen atoms in total. The van der Waals surface area contributed by atoms with Crippen molar-refractivity contribution in [3.63, 3.8) is 0 Å². The van der Waals surface area contributed by atoms with Crippen molar-refractivity contribution in [3.05, 3.63) is 69.9 Å². The molecule has 6 heteroatoms. The highest BCUT2D eigenvalue weighted by Crippen LogP contribution is 2.45. The fourth-order valence-electron chi connectivity index (χ4n) is 4.21. The minimum absolute atomic E-state index is 0.0152. The fourth-order valence-corrected chi connectivity index (χ4v) is 4.21. The summed E-state index contributed by atoms with van der Waals surface area (Å²) < 4.78 is 0. The smallest absolute Gasteiger partial charge is 0.273 e. The molecular formula is C23H25N3O3. The number of aliphatic hydroxyl groups excluding tert-OH is 1. The fraction of sp³-hybridized carbons (Fsp3) is 0.304. The Balaban J connectivity index is 1.91. The molecule has 150 valence electrons. The van der Waals surface area contributed by atoms with Crippen LogP contribution in [0.3, 0.4) is 0 Å². The summed E-state index contributed by atoms with van der Waals surface area (Å²) in [7, 11) is 0. The molecule has 0 fully saturated rings. The quantitative estimate of drug-likeness (QED) is 0.619. The number of fused-ring (bicyclic) bond motifs is 1. The van der Waals surface area contributed by atoms with Crippen molar-refractivity contribution in [1.29, 1.82) is 0 Å². The van der Waals surface area contributed by atoms with Crippen LogP contribution in [0.15, 0.2) is 36.4 Å². The number of aromatic hydroxyl groups is 1. The van der Waals surface area contributed by atoms with Crippen LogP contribution in [0.4, 0.5) is 0 Å². The maximum Gasteiger partial charge on any atom is 0.273 e. The highest BCUT2D eigenvalue weighted by molar-refractivity contribution is 6.00. The van der Waals surface area contributed by atoms with Crippen LogP contribution >= 0.6 is 0 Å². The molecule has 0 spiro atoms. The average molecular weight is 391 g/mol. The van der Waals surface area contributed by atoms with E-state index in [4.69, 9.17) is 0 Å².